The third kappa shape index (κ3) is 6.16. The summed E-state index contributed by atoms with van der Waals surface area (Å²) in [5.41, 5.74) is 3.61. The van der Waals surface area contributed by atoms with Crippen LogP contribution in [0.3, 0.4) is 0 Å². The van der Waals surface area contributed by atoms with Gasteiger partial charge >= 0.3 is 0 Å². The molecule has 5 nitrogen and oxygen atoms in total. The Balaban J connectivity index is 1.62. The van der Waals surface area contributed by atoms with E-state index < -0.39 is 0 Å². The molecule has 3 rings (SSSR count). The van der Waals surface area contributed by atoms with Crippen molar-refractivity contribution in [1.29, 1.82) is 0 Å². The van der Waals surface area contributed by atoms with Crippen LogP contribution in [0.5, 0.6) is 5.75 Å². The number of morpholine rings is 1. The number of hydrogen-bond acceptors (Lipinski definition) is 3. The molecule has 0 saturated carbocycles. The fraction of sp³-hybridized carbons (Fsp3) is 0.435. The lowest BCUT2D eigenvalue weighted by molar-refractivity contribution is -0.937. The first-order valence-corrected chi connectivity index (χ1v) is 10.7. The van der Waals surface area contributed by atoms with Gasteiger partial charge in [0.25, 0.3) is 0 Å². The van der Waals surface area contributed by atoms with Crippen molar-refractivity contribution in [1.82, 2.24) is 5.32 Å². The van der Waals surface area contributed by atoms with Crippen LogP contribution in [0.25, 0.3) is 0 Å². The number of thiocarbonyl (C=S) groups is 1. The van der Waals surface area contributed by atoms with Crippen LogP contribution in [0.2, 0.25) is 0 Å². The molecule has 0 unspecified atom stereocenters. The van der Waals surface area contributed by atoms with Gasteiger partial charge in [0.15, 0.2) is 5.11 Å². The van der Waals surface area contributed by atoms with Crippen LogP contribution in [0.1, 0.15) is 36.9 Å². The van der Waals surface area contributed by atoms with E-state index in [0.29, 0.717) is 17.1 Å². The highest BCUT2D eigenvalue weighted by molar-refractivity contribution is 7.80. The van der Waals surface area contributed by atoms with Crippen LogP contribution in [0.4, 0.5) is 5.69 Å². The molecule has 2 aromatic rings. The molecular formula is C23H32N3O2S+. The SMILES string of the molecule is COc1ccc([C@@H](CNC(=S)Nc2ccc(C(C)C)cc2)[NH+]2CCOCC2)cc1. The molecule has 6 heteroatoms. The van der Waals surface area contributed by atoms with Crippen LogP contribution in [0, 0.1) is 0 Å². The number of methoxy groups -OCH3 is 1. The van der Waals surface area contributed by atoms with Gasteiger partial charge in [-0.05, 0) is 60.1 Å². The zero-order valence-corrected chi connectivity index (χ0v) is 18.4. The molecule has 1 fully saturated rings. The molecule has 1 saturated heterocycles. The second-order valence-electron chi connectivity index (χ2n) is 7.71. The number of benzene rings is 2. The summed E-state index contributed by atoms with van der Waals surface area (Å²) < 4.78 is 10.9. The predicted octanol–water partition coefficient (Wildman–Crippen LogP) is 2.76. The summed E-state index contributed by atoms with van der Waals surface area (Å²) in [6.45, 7) is 8.74. The molecule has 0 spiro atoms. The van der Waals surface area contributed by atoms with Crippen molar-refractivity contribution in [3.05, 3.63) is 59.7 Å². The molecule has 0 bridgehead atoms. The maximum Gasteiger partial charge on any atom is 0.171 e. The summed E-state index contributed by atoms with van der Waals surface area (Å²) in [5, 5.41) is 7.37. The van der Waals surface area contributed by atoms with E-state index in [-0.39, 0.29) is 0 Å². The Morgan fingerprint density at radius 1 is 1.03 bits per heavy atom. The van der Waals surface area contributed by atoms with E-state index in [1.807, 2.05) is 12.1 Å². The highest BCUT2D eigenvalue weighted by Crippen LogP contribution is 2.18. The van der Waals surface area contributed by atoms with E-state index in [0.717, 1.165) is 44.3 Å². The molecular weight excluding hydrogens is 382 g/mol. The van der Waals surface area contributed by atoms with Gasteiger partial charge in [-0.2, -0.15) is 0 Å². The lowest BCUT2D eigenvalue weighted by Crippen LogP contribution is -3.15. The van der Waals surface area contributed by atoms with Gasteiger partial charge in [-0.3, -0.25) is 0 Å². The molecule has 156 valence electrons. The fourth-order valence-corrected chi connectivity index (χ4v) is 3.84. The average molecular weight is 415 g/mol. The van der Waals surface area contributed by atoms with Gasteiger partial charge in [-0.15, -0.1) is 0 Å². The minimum atomic E-state index is 0.299. The van der Waals surface area contributed by atoms with E-state index in [1.165, 1.54) is 16.0 Å². The van der Waals surface area contributed by atoms with Gasteiger partial charge in [-0.1, -0.05) is 26.0 Å². The van der Waals surface area contributed by atoms with Crippen molar-refractivity contribution in [2.45, 2.75) is 25.8 Å². The lowest BCUT2D eigenvalue weighted by Gasteiger charge is -2.32. The second-order valence-corrected chi connectivity index (χ2v) is 8.12. The van der Waals surface area contributed by atoms with Crippen LogP contribution < -0.4 is 20.3 Å². The average Bonchev–Trinajstić information content (AvgIpc) is 2.75. The van der Waals surface area contributed by atoms with Crippen molar-refractivity contribution >= 4 is 23.0 Å². The van der Waals surface area contributed by atoms with Gasteiger partial charge in [0.1, 0.15) is 24.9 Å². The van der Waals surface area contributed by atoms with E-state index in [2.05, 4.69) is 60.9 Å². The zero-order chi connectivity index (χ0) is 20.6. The van der Waals surface area contributed by atoms with Gasteiger partial charge in [-0.25, -0.2) is 0 Å². The minimum Gasteiger partial charge on any atom is -0.497 e. The number of rotatable bonds is 7. The molecule has 2 aromatic carbocycles. The van der Waals surface area contributed by atoms with Crippen molar-refractivity contribution in [2.75, 3.05) is 45.3 Å². The maximum absolute atomic E-state index is 5.55. The standard InChI is InChI=1S/C23H31N3O2S/c1-17(2)18-4-8-20(9-5-18)25-23(29)24-16-22(26-12-14-28-15-13-26)19-6-10-21(27-3)11-7-19/h4-11,17,22H,12-16H2,1-3H3,(H2,24,25,29)/p+1/t22-/m1/s1. The van der Waals surface area contributed by atoms with Crippen molar-refractivity contribution in [3.8, 4) is 5.75 Å². The van der Waals surface area contributed by atoms with Gasteiger partial charge in [0.05, 0.1) is 26.9 Å². The molecule has 1 aliphatic rings. The first-order chi connectivity index (χ1) is 14.1. The van der Waals surface area contributed by atoms with E-state index >= 15 is 0 Å². The molecule has 0 aliphatic carbocycles. The van der Waals surface area contributed by atoms with Gasteiger partial charge in [0.2, 0.25) is 0 Å². The Morgan fingerprint density at radius 2 is 1.66 bits per heavy atom. The molecule has 29 heavy (non-hydrogen) atoms. The predicted molar refractivity (Wildman–Crippen MR) is 122 cm³/mol. The molecule has 0 amide bonds. The summed E-state index contributed by atoms with van der Waals surface area (Å²) in [5.74, 6) is 1.40. The number of nitrogens with one attached hydrogen (secondary N) is 3. The van der Waals surface area contributed by atoms with Gasteiger partial charge < -0.3 is 25.0 Å². The van der Waals surface area contributed by atoms with Crippen molar-refractivity contribution in [3.63, 3.8) is 0 Å². The van der Waals surface area contributed by atoms with Crippen LogP contribution in [0.15, 0.2) is 48.5 Å². The Kier molecular flexibility index (Phi) is 7.86. The molecule has 0 aromatic heterocycles. The van der Waals surface area contributed by atoms with Crippen LogP contribution in [-0.4, -0.2) is 45.1 Å². The van der Waals surface area contributed by atoms with Gasteiger partial charge in [0, 0.05) is 11.3 Å². The summed E-state index contributed by atoms with van der Waals surface area (Å²) >= 11 is 5.55. The third-order valence-corrected chi connectivity index (χ3v) is 5.69. The first kappa shape index (κ1) is 21.6. The number of quaternary nitrogens is 1. The summed E-state index contributed by atoms with van der Waals surface area (Å²) in [6, 6.07) is 17.1. The summed E-state index contributed by atoms with van der Waals surface area (Å²) in [7, 11) is 1.69. The van der Waals surface area contributed by atoms with Crippen LogP contribution in [-0.2, 0) is 4.74 Å². The highest BCUT2D eigenvalue weighted by atomic mass is 32.1. The summed E-state index contributed by atoms with van der Waals surface area (Å²) in [4.78, 5) is 1.51. The normalized spacial score (nSPS) is 15.7. The monoisotopic (exact) mass is 414 g/mol. The third-order valence-electron chi connectivity index (χ3n) is 5.45. The number of ether oxygens (including phenoxy) is 2. The molecule has 3 N–H and O–H groups in total. The Labute approximate surface area is 179 Å². The zero-order valence-electron chi connectivity index (χ0n) is 17.5. The van der Waals surface area contributed by atoms with E-state index in [9.17, 15) is 0 Å². The second kappa shape index (κ2) is 10.6. The smallest absolute Gasteiger partial charge is 0.171 e. The number of anilines is 1. The lowest BCUT2D eigenvalue weighted by atomic mass is 10.0. The quantitative estimate of drug-likeness (QED) is 0.608. The highest BCUT2D eigenvalue weighted by Gasteiger charge is 2.26. The Hall–Kier alpha value is -2.15. The van der Waals surface area contributed by atoms with E-state index in [4.69, 9.17) is 21.7 Å². The van der Waals surface area contributed by atoms with Crippen molar-refractivity contribution < 1.29 is 14.4 Å². The summed E-state index contributed by atoms with van der Waals surface area (Å²) in [6.07, 6.45) is 0. The topological polar surface area (TPSA) is 47.0 Å². The Morgan fingerprint density at radius 3 is 2.24 bits per heavy atom. The molecule has 1 aliphatic heterocycles. The van der Waals surface area contributed by atoms with Crippen molar-refractivity contribution in [2.24, 2.45) is 0 Å². The Bertz CT molecular complexity index is 772. The minimum absolute atomic E-state index is 0.299. The van der Waals surface area contributed by atoms with Crippen LogP contribution >= 0.6 is 12.2 Å². The molecule has 1 atom stereocenters. The first-order valence-electron chi connectivity index (χ1n) is 10.3. The number of hydrogen-bond donors (Lipinski definition) is 3. The van der Waals surface area contributed by atoms with E-state index in [1.54, 1.807) is 7.11 Å². The maximum atomic E-state index is 5.55. The fourth-order valence-electron chi connectivity index (χ4n) is 3.64. The molecule has 1 heterocycles. The molecule has 0 radical (unpaired) electrons. The largest absolute Gasteiger partial charge is 0.497 e.